The van der Waals surface area contributed by atoms with E-state index in [1.165, 1.54) is 7.05 Å². The Morgan fingerprint density at radius 3 is 2.24 bits per heavy atom. The Balaban J connectivity index is 4.61. The number of nitrogens with one attached hydrogen (secondary N) is 2. The van der Waals surface area contributed by atoms with E-state index < -0.39 is 48.4 Å². The first-order chi connectivity index (χ1) is 13.6. The van der Waals surface area contributed by atoms with Crippen LogP contribution in [-0.2, 0) is 19.2 Å². The summed E-state index contributed by atoms with van der Waals surface area (Å²) in [5, 5.41) is 34.7. The first-order valence-electron chi connectivity index (χ1n) is 8.58. The van der Waals surface area contributed by atoms with Crippen LogP contribution in [0.2, 0.25) is 0 Å². The summed E-state index contributed by atoms with van der Waals surface area (Å²) in [7, 11) is 1.19. The fourth-order valence-corrected chi connectivity index (χ4v) is 2.24. The standard InChI is InChI=1S/C15H24N6O8/c1-21(15(29)19-9(13(25)26)5-6-12(23)24)10(14(27)28)4-2-3-7-17-11(22)8-18-20-16/h9-10H,2-8H2,1H3,(H,17,22)(H,19,29)(H,23,24)(H,25,26)(H,27,28)/t9?,10-/m0/s1. The molecule has 0 bridgehead atoms. The number of hydrogen-bond acceptors (Lipinski definition) is 6. The van der Waals surface area contributed by atoms with Gasteiger partial charge in [0.25, 0.3) is 0 Å². The van der Waals surface area contributed by atoms with Crippen LogP contribution in [0.25, 0.3) is 10.4 Å². The van der Waals surface area contributed by atoms with Crippen molar-refractivity contribution in [3.8, 4) is 0 Å². The highest BCUT2D eigenvalue weighted by Crippen LogP contribution is 2.09. The molecule has 0 aromatic carbocycles. The first-order valence-corrected chi connectivity index (χ1v) is 8.58. The lowest BCUT2D eigenvalue weighted by molar-refractivity contribution is -0.142. The van der Waals surface area contributed by atoms with E-state index in [1.54, 1.807) is 0 Å². The Labute approximate surface area is 165 Å². The van der Waals surface area contributed by atoms with Crippen LogP contribution < -0.4 is 10.6 Å². The summed E-state index contributed by atoms with van der Waals surface area (Å²) < 4.78 is 0. The molecule has 29 heavy (non-hydrogen) atoms. The molecule has 0 rings (SSSR count). The Hall–Kier alpha value is -3.54. The number of urea groups is 1. The minimum atomic E-state index is -1.47. The van der Waals surface area contributed by atoms with Crippen LogP contribution in [0.4, 0.5) is 4.79 Å². The number of hydrogen-bond donors (Lipinski definition) is 5. The van der Waals surface area contributed by atoms with Crippen LogP contribution in [0.3, 0.4) is 0 Å². The summed E-state index contributed by atoms with van der Waals surface area (Å²) in [5.74, 6) is -4.44. The fraction of sp³-hybridized carbons (Fsp3) is 0.667. The number of nitrogens with zero attached hydrogens (tertiary/aromatic N) is 4. The van der Waals surface area contributed by atoms with E-state index in [4.69, 9.17) is 15.7 Å². The summed E-state index contributed by atoms with van der Waals surface area (Å²) in [6, 6.07) is -3.68. The summed E-state index contributed by atoms with van der Waals surface area (Å²) in [6.45, 7) is -0.123. The highest BCUT2D eigenvalue weighted by atomic mass is 16.4. The SMILES string of the molecule is CN(C(=O)NC(CCC(=O)O)C(=O)O)[C@@H](CCCCNC(=O)CN=[N+]=[N-])C(=O)O. The molecule has 5 N–H and O–H groups in total. The number of azide groups is 1. The van der Waals surface area contributed by atoms with Crippen molar-refractivity contribution in [3.05, 3.63) is 10.4 Å². The number of carboxylic acid groups (broad SMARTS) is 3. The third-order valence-corrected chi connectivity index (χ3v) is 3.82. The molecule has 0 spiro atoms. The third kappa shape index (κ3) is 11.0. The second kappa shape index (κ2) is 13.6. The van der Waals surface area contributed by atoms with Gasteiger partial charge in [0, 0.05) is 24.9 Å². The van der Waals surface area contributed by atoms with Gasteiger partial charge in [-0.2, -0.15) is 0 Å². The van der Waals surface area contributed by atoms with Gasteiger partial charge in [0.2, 0.25) is 5.91 Å². The molecule has 0 fully saturated rings. The number of rotatable bonds is 14. The van der Waals surface area contributed by atoms with E-state index in [-0.39, 0.29) is 25.9 Å². The molecule has 0 heterocycles. The van der Waals surface area contributed by atoms with Gasteiger partial charge in [0.1, 0.15) is 18.6 Å². The molecule has 0 aromatic heterocycles. The largest absolute Gasteiger partial charge is 0.481 e. The van der Waals surface area contributed by atoms with Gasteiger partial charge in [-0.05, 0) is 31.2 Å². The van der Waals surface area contributed by atoms with Crippen molar-refractivity contribution in [2.75, 3.05) is 20.1 Å². The maximum atomic E-state index is 12.2. The van der Waals surface area contributed by atoms with E-state index in [0.29, 0.717) is 12.8 Å². The predicted octanol–water partition coefficient (Wildman–Crippen LogP) is -0.00420. The van der Waals surface area contributed by atoms with Crippen LogP contribution in [0, 0.1) is 0 Å². The molecule has 3 amide bonds. The maximum absolute atomic E-state index is 12.2. The molecule has 0 saturated carbocycles. The van der Waals surface area contributed by atoms with Crippen molar-refractivity contribution in [3.63, 3.8) is 0 Å². The zero-order valence-electron chi connectivity index (χ0n) is 15.8. The molecule has 2 atom stereocenters. The number of aliphatic carboxylic acids is 3. The third-order valence-electron chi connectivity index (χ3n) is 3.82. The zero-order chi connectivity index (χ0) is 22.4. The van der Waals surface area contributed by atoms with Crippen molar-refractivity contribution in [1.82, 2.24) is 15.5 Å². The van der Waals surface area contributed by atoms with Crippen LogP contribution in [0.5, 0.6) is 0 Å². The van der Waals surface area contributed by atoms with Crippen molar-refractivity contribution < 1.29 is 39.3 Å². The van der Waals surface area contributed by atoms with Crippen molar-refractivity contribution >= 4 is 29.8 Å². The molecule has 14 nitrogen and oxygen atoms in total. The normalized spacial score (nSPS) is 12.0. The predicted molar refractivity (Wildman–Crippen MR) is 96.9 cm³/mol. The number of likely N-dealkylation sites (N-methyl/N-ethyl adjacent to an activating group) is 1. The molecule has 1 unspecified atom stereocenters. The summed E-state index contributed by atoms with van der Waals surface area (Å²) in [5.41, 5.74) is 8.10. The molecule has 0 aliphatic carbocycles. The second-order valence-electron chi connectivity index (χ2n) is 5.97. The molecule has 0 saturated heterocycles. The van der Waals surface area contributed by atoms with E-state index in [0.717, 1.165) is 4.90 Å². The van der Waals surface area contributed by atoms with E-state index >= 15 is 0 Å². The Kier molecular flexibility index (Phi) is 11.9. The highest BCUT2D eigenvalue weighted by molar-refractivity contribution is 5.86. The molecule has 0 aliphatic heterocycles. The van der Waals surface area contributed by atoms with Gasteiger partial charge in [-0.25, -0.2) is 14.4 Å². The quantitative estimate of drug-likeness (QED) is 0.112. The minimum absolute atomic E-state index is 0.0400. The Morgan fingerprint density at radius 2 is 1.72 bits per heavy atom. The molecule has 0 aromatic rings. The van der Waals surface area contributed by atoms with Gasteiger partial charge in [-0.15, -0.1) is 0 Å². The Morgan fingerprint density at radius 1 is 1.07 bits per heavy atom. The van der Waals surface area contributed by atoms with E-state index in [9.17, 15) is 29.1 Å². The van der Waals surface area contributed by atoms with Crippen molar-refractivity contribution in [1.29, 1.82) is 0 Å². The van der Waals surface area contributed by atoms with E-state index in [1.807, 2.05) is 0 Å². The average Bonchev–Trinajstić information content (AvgIpc) is 2.64. The first kappa shape index (κ1) is 25.5. The van der Waals surface area contributed by atoms with Crippen LogP contribution >= 0.6 is 0 Å². The molecular weight excluding hydrogens is 392 g/mol. The number of unbranched alkanes of at least 4 members (excludes halogenated alkanes) is 1. The van der Waals surface area contributed by atoms with Crippen LogP contribution in [0.15, 0.2) is 5.11 Å². The minimum Gasteiger partial charge on any atom is -0.481 e. The van der Waals surface area contributed by atoms with Crippen molar-refractivity contribution in [2.24, 2.45) is 5.11 Å². The van der Waals surface area contributed by atoms with Crippen molar-refractivity contribution in [2.45, 2.75) is 44.2 Å². The smallest absolute Gasteiger partial charge is 0.326 e. The van der Waals surface area contributed by atoms with Gasteiger partial charge in [0.05, 0.1) is 0 Å². The summed E-state index contributed by atoms with van der Waals surface area (Å²) >= 11 is 0. The monoisotopic (exact) mass is 416 g/mol. The summed E-state index contributed by atoms with van der Waals surface area (Å²) in [6.07, 6.45) is -0.0556. The number of carboxylic acids is 3. The molecule has 14 heteroatoms. The van der Waals surface area contributed by atoms with E-state index in [2.05, 4.69) is 20.7 Å². The lowest BCUT2D eigenvalue weighted by Gasteiger charge is -2.26. The van der Waals surface area contributed by atoms with Gasteiger partial charge < -0.3 is 30.9 Å². The van der Waals surface area contributed by atoms with Gasteiger partial charge >= 0.3 is 23.9 Å². The zero-order valence-corrected chi connectivity index (χ0v) is 15.8. The van der Waals surface area contributed by atoms with Gasteiger partial charge in [-0.3, -0.25) is 9.59 Å². The lowest BCUT2D eigenvalue weighted by atomic mass is 10.1. The van der Waals surface area contributed by atoms with Gasteiger partial charge in [0.15, 0.2) is 0 Å². The second-order valence-corrected chi connectivity index (χ2v) is 5.97. The van der Waals surface area contributed by atoms with Gasteiger partial charge in [-0.1, -0.05) is 5.11 Å². The Bertz CT molecular complexity index is 663. The average molecular weight is 416 g/mol. The summed E-state index contributed by atoms with van der Waals surface area (Å²) in [4.78, 5) is 59.8. The lowest BCUT2D eigenvalue weighted by Crippen LogP contribution is -2.52. The van der Waals surface area contributed by atoms with Crippen LogP contribution in [0.1, 0.15) is 32.1 Å². The maximum Gasteiger partial charge on any atom is 0.326 e. The highest BCUT2D eigenvalue weighted by Gasteiger charge is 2.29. The molecule has 0 radical (unpaired) electrons. The number of carbonyl (C=O) groups is 5. The fourth-order valence-electron chi connectivity index (χ4n) is 2.24. The molecule has 162 valence electrons. The number of carbonyl (C=O) groups excluding carboxylic acids is 2. The topological polar surface area (TPSA) is 222 Å². The van der Waals surface area contributed by atoms with Crippen LogP contribution in [-0.4, -0.2) is 82.3 Å². The molecular formula is C15H24N6O8. The molecule has 0 aliphatic rings. The number of amides is 3.